The fraction of sp³-hybridized carbons (Fsp3) is 0.261. The molecule has 5 rings (SSSR count). The molecule has 0 unspecified atom stereocenters. The van der Waals surface area contributed by atoms with E-state index in [2.05, 4.69) is 32.5 Å². The Morgan fingerprint density at radius 1 is 1.12 bits per heavy atom. The topological polar surface area (TPSA) is 119 Å². The van der Waals surface area contributed by atoms with Crippen LogP contribution >= 0.6 is 11.6 Å². The monoisotopic (exact) mass is 463 g/mol. The molecule has 3 heterocycles. The van der Waals surface area contributed by atoms with Gasteiger partial charge in [-0.15, -0.1) is 10.2 Å². The highest BCUT2D eigenvalue weighted by Gasteiger charge is 2.18. The van der Waals surface area contributed by atoms with E-state index in [0.29, 0.717) is 34.7 Å². The molecule has 10 heteroatoms. The lowest BCUT2D eigenvalue weighted by molar-refractivity contribution is 0.271. The number of fused-ring (bicyclic) bond motifs is 1. The van der Waals surface area contributed by atoms with Crippen LogP contribution in [0.25, 0.3) is 33.9 Å². The Morgan fingerprint density at radius 2 is 1.97 bits per heavy atom. The zero-order valence-electron chi connectivity index (χ0n) is 18.0. The van der Waals surface area contributed by atoms with Gasteiger partial charge in [0.05, 0.1) is 12.3 Å². The second kappa shape index (κ2) is 9.13. The Kier molecular flexibility index (Phi) is 5.89. The summed E-state index contributed by atoms with van der Waals surface area (Å²) in [6, 6.07) is 13.5. The smallest absolute Gasteiger partial charge is 0.228 e. The number of hydrogen-bond acceptors (Lipinski definition) is 7. The molecule has 2 N–H and O–H groups in total. The molecule has 0 aliphatic carbocycles. The number of aliphatic hydroxyl groups excluding tert-OH is 1. The largest absolute Gasteiger partial charge is 0.436 e. The van der Waals surface area contributed by atoms with Crippen molar-refractivity contribution in [2.24, 2.45) is 0 Å². The lowest BCUT2D eigenvalue weighted by Crippen LogP contribution is -2.09. The molecule has 0 atom stereocenters. The third-order valence-electron chi connectivity index (χ3n) is 5.54. The maximum absolute atomic E-state index is 9.83. The number of aliphatic hydroxyl groups is 1. The summed E-state index contributed by atoms with van der Waals surface area (Å²) in [7, 11) is 0. The van der Waals surface area contributed by atoms with E-state index in [0.717, 1.165) is 47.3 Å². The van der Waals surface area contributed by atoms with Gasteiger partial charge in [-0.1, -0.05) is 49.2 Å². The summed E-state index contributed by atoms with van der Waals surface area (Å²) in [5.74, 6) is 1.83. The van der Waals surface area contributed by atoms with E-state index in [-0.39, 0.29) is 6.61 Å². The molecular weight excluding hydrogens is 442 g/mol. The molecule has 0 fully saturated rings. The third-order valence-corrected chi connectivity index (χ3v) is 5.85. The number of aryl methyl sites for hydroxylation is 1. The predicted octanol–water partition coefficient (Wildman–Crippen LogP) is 4.41. The minimum Gasteiger partial charge on any atom is -0.436 e. The van der Waals surface area contributed by atoms with Crippen molar-refractivity contribution in [2.75, 3.05) is 0 Å². The van der Waals surface area contributed by atoms with Crippen LogP contribution in [-0.2, 0) is 19.6 Å². The van der Waals surface area contributed by atoms with Crippen molar-refractivity contribution in [3.8, 4) is 22.8 Å². The number of imidazole rings is 1. The standard InChI is InChI=1S/C23H22ClN7O2/c1-2-3-8-20-26-21(24)18(13-32)31(20)12-14-9-10-19-17(11-14)25-23(33-19)16-7-5-4-6-15(16)22-27-29-30-28-22/h4-7,9-11,32H,2-3,8,12-13H2,1H3,(H,27,28,29,30). The number of nitrogens with zero attached hydrogens (tertiary/aromatic N) is 6. The zero-order valence-corrected chi connectivity index (χ0v) is 18.7. The number of rotatable bonds is 8. The number of H-pyrrole nitrogens is 1. The molecule has 0 radical (unpaired) electrons. The summed E-state index contributed by atoms with van der Waals surface area (Å²) in [6.45, 7) is 2.50. The number of halogens is 1. The van der Waals surface area contributed by atoms with E-state index >= 15 is 0 Å². The fourth-order valence-corrected chi connectivity index (χ4v) is 4.14. The lowest BCUT2D eigenvalue weighted by atomic mass is 10.1. The Balaban J connectivity index is 1.50. The summed E-state index contributed by atoms with van der Waals surface area (Å²) in [5.41, 5.74) is 4.60. The van der Waals surface area contributed by atoms with Crippen LogP contribution in [0.1, 0.15) is 36.8 Å². The molecule has 0 spiro atoms. The second-order valence-corrected chi connectivity index (χ2v) is 8.07. The maximum Gasteiger partial charge on any atom is 0.228 e. The van der Waals surface area contributed by atoms with Crippen molar-refractivity contribution in [3.05, 3.63) is 64.7 Å². The van der Waals surface area contributed by atoms with Crippen molar-refractivity contribution in [1.82, 2.24) is 35.2 Å². The molecule has 0 saturated heterocycles. The van der Waals surface area contributed by atoms with Crippen LogP contribution in [0.3, 0.4) is 0 Å². The Labute approximate surface area is 194 Å². The second-order valence-electron chi connectivity index (χ2n) is 7.72. The van der Waals surface area contributed by atoms with Gasteiger partial charge in [0.15, 0.2) is 10.7 Å². The number of nitrogens with one attached hydrogen (secondary N) is 1. The van der Waals surface area contributed by atoms with E-state index in [1.807, 2.05) is 47.0 Å². The number of aromatic amines is 1. The molecule has 0 aliphatic heterocycles. The molecule has 168 valence electrons. The molecule has 3 aromatic heterocycles. The van der Waals surface area contributed by atoms with Gasteiger partial charge in [0, 0.05) is 24.1 Å². The van der Waals surface area contributed by atoms with Gasteiger partial charge in [0.25, 0.3) is 0 Å². The molecule has 33 heavy (non-hydrogen) atoms. The average molecular weight is 464 g/mol. The highest BCUT2D eigenvalue weighted by molar-refractivity contribution is 6.30. The lowest BCUT2D eigenvalue weighted by Gasteiger charge is -2.11. The molecule has 0 aliphatic rings. The van der Waals surface area contributed by atoms with Crippen molar-refractivity contribution >= 4 is 22.7 Å². The maximum atomic E-state index is 9.83. The number of benzene rings is 2. The summed E-state index contributed by atoms with van der Waals surface area (Å²) in [5, 5.41) is 24.5. The Bertz CT molecular complexity index is 1390. The quantitative estimate of drug-likeness (QED) is 0.350. The van der Waals surface area contributed by atoms with Crippen LogP contribution in [0.4, 0.5) is 0 Å². The van der Waals surface area contributed by atoms with Gasteiger partial charge in [-0.3, -0.25) is 0 Å². The van der Waals surface area contributed by atoms with Gasteiger partial charge in [-0.2, -0.15) is 5.21 Å². The Hall–Kier alpha value is -3.56. The number of oxazole rings is 1. The van der Waals surface area contributed by atoms with Gasteiger partial charge < -0.3 is 14.1 Å². The first-order chi connectivity index (χ1) is 16.2. The van der Waals surface area contributed by atoms with Crippen LogP contribution in [0, 0.1) is 0 Å². The van der Waals surface area contributed by atoms with Crippen molar-refractivity contribution in [1.29, 1.82) is 0 Å². The fourth-order valence-electron chi connectivity index (χ4n) is 3.88. The molecule has 2 aromatic carbocycles. The number of hydrogen-bond donors (Lipinski definition) is 2. The number of unbranched alkanes of at least 4 members (excludes halogenated alkanes) is 1. The van der Waals surface area contributed by atoms with Gasteiger partial charge in [-0.05, 0) is 35.4 Å². The van der Waals surface area contributed by atoms with E-state index in [4.69, 9.17) is 21.0 Å². The first-order valence-electron chi connectivity index (χ1n) is 10.7. The minimum absolute atomic E-state index is 0.165. The molecular formula is C23H22ClN7O2. The molecule has 9 nitrogen and oxygen atoms in total. The third kappa shape index (κ3) is 4.12. The van der Waals surface area contributed by atoms with Crippen LogP contribution in [0.5, 0.6) is 0 Å². The SMILES string of the molecule is CCCCc1nc(Cl)c(CO)n1Cc1ccc2oc(-c3ccccc3-c3nn[nH]n3)nc2c1. The van der Waals surface area contributed by atoms with Crippen LogP contribution in [0.15, 0.2) is 46.9 Å². The van der Waals surface area contributed by atoms with Crippen molar-refractivity contribution < 1.29 is 9.52 Å². The van der Waals surface area contributed by atoms with E-state index < -0.39 is 0 Å². The number of aromatic nitrogens is 7. The van der Waals surface area contributed by atoms with Gasteiger partial charge in [0.2, 0.25) is 11.7 Å². The zero-order chi connectivity index (χ0) is 22.8. The van der Waals surface area contributed by atoms with Crippen LogP contribution < -0.4 is 0 Å². The van der Waals surface area contributed by atoms with E-state index in [9.17, 15) is 5.11 Å². The summed E-state index contributed by atoms with van der Waals surface area (Å²) in [4.78, 5) is 9.19. The summed E-state index contributed by atoms with van der Waals surface area (Å²) >= 11 is 6.28. The van der Waals surface area contributed by atoms with Gasteiger partial charge in [-0.25, -0.2) is 9.97 Å². The highest BCUT2D eigenvalue weighted by Crippen LogP contribution is 2.32. The minimum atomic E-state index is -0.165. The molecule has 0 amide bonds. The first-order valence-corrected chi connectivity index (χ1v) is 11.1. The average Bonchev–Trinajstić information content (AvgIpc) is 3.57. The highest BCUT2D eigenvalue weighted by atomic mass is 35.5. The normalized spacial score (nSPS) is 11.5. The van der Waals surface area contributed by atoms with Gasteiger partial charge >= 0.3 is 0 Å². The molecule has 5 aromatic rings. The van der Waals surface area contributed by atoms with E-state index in [1.54, 1.807) is 0 Å². The summed E-state index contributed by atoms with van der Waals surface area (Å²) in [6.07, 6.45) is 2.86. The molecule has 0 bridgehead atoms. The van der Waals surface area contributed by atoms with Gasteiger partial charge in [0.1, 0.15) is 11.3 Å². The number of tetrazole rings is 1. The Morgan fingerprint density at radius 3 is 2.73 bits per heavy atom. The van der Waals surface area contributed by atoms with Crippen molar-refractivity contribution in [3.63, 3.8) is 0 Å². The van der Waals surface area contributed by atoms with Crippen LogP contribution in [0.2, 0.25) is 5.15 Å². The van der Waals surface area contributed by atoms with Crippen LogP contribution in [-0.4, -0.2) is 40.3 Å². The summed E-state index contributed by atoms with van der Waals surface area (Å²) < 4.78 is 8.04. The van der Waals surface area contributed by atoms with E-state index in [1.165, 1.54) is 0 Å². The molecule has 0 saturated carbocycles. The predicted molar refractivity (Wildman–Crippen MR) is 123 cm³/mol. The first kappa shape index (κ1) is 21.3. The van der Waals surface area contributed by atoms with Crippen molar-refractivity contribution in [2.45, 2.75) is 39.3 Å².